The number of benzene rings is 1. The lowest BCUT2D eigenvalue weighted by atomic mass is 10.1. The van der Waals surface area contributed by atoms with Gasteiger partial charge in [-0.2, -0.15) is 0 Å². The van der Waals surface area contributed by atoms with Crippen LogP contribution in [-0.2, 0) is 28.8 Å². The summed E-state index contributed by atoms with van der Waals surface area (Å²) in [7, 11) is 0. The van der Waals surface area contributed by atoms with Crippen molar-refractivity contribution in [3.05, 3.63) is 65.4 Å². The zero-order valence-electron chi connectivity index (χ0n) is 23.7. The third-order valence-corrected chi connectivity index (χ3v) is 4.52. The second-order valence-electron chi connectivity index (χ2n) is 7.06. The third kappa shape index (κ3) is 15.7. The van der Waals surface area contributed by atoms with Crippen molar-refractivity contribution in [2.75, 3.05) is 13.2 Å². The lowest BCUT2D eigenvalue weighted by Gasteiger charge is -2.07. The van der Waals surface area contributed by atoms with Gasteiger partial charge < -0.3 is 13.9 Å². The molecule has 1 aromatic heterocycles. The van der Waals surface area contributed by atoms with Gasteiger partial charge in [0, 0.05) is 13.3 Å². The van der Waals surface area contributed by atoms with Gasteiger partial charge in [-0.25, -0.2) is 4.98 Å². The highest BCUT2D eigenvalue weighted by Crippen LogP contribution is 2.26. The van der Waals surface area contributed by atoms with Crippen molar-refractivity contribution in [2.45, 2.75) is 94.4 Å². The summed E-state index contributed by atoms with van der Waals surface area (Å²) in [6.07, 6.45) is 11.2. The first-order valence-corrected chi connectivity index (χ1v) is 13.0. The lowest BCUT2D eigenvalue weighted by Crippen LogP contribution is -2.02. The summed E-state index contributed by atoms with van der Waals surface area (Å²) in [5.74, 6) is 2.32. The zero-order valence-corrected chi connectivity index (χ0v) is 23.7. The number of carbonyl (C=O) groups is 1. The predicted molar refractivity (Wildman–Crippen MR) is 149 cm³/mol. The van der Waals surface area contributed by atoms with Gasteiger partial charge in [0.05, 0.1) is 18.9 Å². The monoisotopic (exact) mass is 487 g/mol. The third-order valence-electron chi connectivity index (χ3n) is 4.52. The van der Waals surface area contributed by atoms with Gasteiger partial charge in [0.1, 0.15) is 11.5 Å². The molecule has 0 radical (unpaired) electrons. The van der Waals surface area contributed by atoms with Crippen molar-refractivity contribution in [3.63, 3.8) is 0 Å². The summed E-state index contributed by atoms with van der Waals surface area (Å²) >= 11 is 0. The number of hydrogen-bond acceptors (Lipinski definition) is 5. The molecule has 3 rings (SSSR count). The summed E-state index contributed by atoms with van der Waals surface area (Å²) in [4.78, 5) is 14.2. The highest BCUT2D eigenvalue weighted by atomic mass is 16.5. The number of allylic oxidation sites excluding steroid dienone is 2. The standard InChI is InChI=1S/C18H21NO2.C4H8O2.C4H8.2C2H6/c1-3-5-18-19-13(2)17(21-18)10-11-20-16-9-8-14-6-4-7-15(14)12-16;1-3-6-4(2)5;1-3-4-2;2*1-2/h3,5,8-9,12H,4,6-7,10-11H2,1-2H3;3H2,1-2H3;3H,1,4H2,2H3;2*1-2H3/b5-3+;;;;. The Morgan fingerprint density at radius 3 is 2.29 bits per heavy atom. The molecule has 0 unspecified atom stereocenters. The van der Waals surface area contributed by atoms with Crippen molar-refractivity contribution >= 4 is 12.0 Å². The van der Waals surface area contributed by atoms with Crippen LogP contribution < -0.4 is 4.74 Å². The fourth-order valence-electron chi connectivity index (χ4n) is 3.00. The first-order chi connectivity index (χ1) is 16.9. The van der Waals surface area contributed by atoms with Crippen LogP contribution in [0.25, 0.3) is 6.08 Å². The first kappa shape index (κ1) is 34.3. The van der Waals surface area contributed by atoms with Crippen LogP contribution in [0, 0.1) is 6.92 Å². The van der Waals surface area contributed by atoms with E-state index in [9.17, 15) is 4.79 Å². The average molecular weight is 488 g/mol. The molecule has 5 nitrogen and oxygen atoms in total. The van der Waals surface area contributed by atoms with Crippen molar-refractivity contribution in [2.24, 2.45) is 0 Å². The molecule has 0 amide bonds. The van der Waals surface area contributed by atoms with E-state index in [-0.39, 0.29) is 5.97 Å². The van der Waals surface area contributed by atoms with Gasteiger partial charge in [0.25, 0.3) is 0 Å². The van der Waals surface area contributed by atoms with E-state index in [1.54, 1.807) is 6.92 Å². The number of hydrogen-bond donors (Lipinski definition) is 0. The molecule has 2 aromatic rings. The maximum Gasteiger partial charge on any atom is 0.302 e. The molecule has 0 N–H and O–H groups in total. The van der Waals surface area contributed by atoms with Crippen LogP contribution in [0.15, 0.2) is 41.3 Å². The van der Waals surface area contributed by atoms with Crippen molar-refractivity contribution in [3.8, 4) is 5.75 Å². The van der Waals surface area contributed by atoms with E-state index in [4.69, 9.17) is 9.15 Å². The van der Waals surface area contributed by atoms with Gasteiger partial charge in [-0.05, 0) is 75.8 Å². The van der Waals surface area contributed by atoms with E-state index in [0.29, 0.717) is 19.1 Å². The summed E-state index contributed by atoms with van der Waals surface area (Å²) in [5, 5.41) is 0. The average Bonchev–Trinajstić information content (AvgIpc) is 3.48. The highest BCUT2D eigenvalue weighted by Gasteiger charge is 2.12. The van der Waals surface area contributed by atoms with Crippen LogP contribution in [-0.4, -0.2) is 24.2 Å². The molecular formula is C30H49NO4. The minimum absolute atomic E-state index is 0.211. The molecule has 198 valence electrons. The number of aromatic nitrogens is 1. The Bertz CT molecular complexity index is 837. The first-order valence-electron chi connectivity index (χ1n) is 13.0. The summed E-state index contributed by atoms with van der Waals surface area (Å²) in [5.41, 5.74) is 3.86. The lowest BCUT2D eigenvalue weighted by molar-refractivity contribution is -0.140. The number of oxazole rings is 1. The highest BCUT2D eigenvalue weighted by molar-refractivity contribution is 5.65. The smallest absolute Gasteiger partial charge is 0.302 e. The minimum Gasteiger partial charge on any atom is -0.493 e. The van der Waals surface area contributed by atoms with Crippen LogP contribution in [0.4, 0.5) is 0 Å². The molecule has 0 atom stereocenters. The molecule has 1 aromatic carbocycles. The number of esters is 1. The summed E-state index contributed by atoms with van der Waals surface area (Å²) in [6, 6.07) is 6.45. The number of carbonyl (C=O) groups excluding carboxylic acids is 1. The van der Waals surface area contributed by atoms with Gasteiger partial charge in [0.15, 0.2) is 0 Å². The SMILES string of the molecule is C/C=C/c1nc(C)c(CCOc2ccc3c(c2)CCC3)o1.C=CCC.CC.CC.CCOC(C)=O. The normalized spacial score (nSPS) is 10.7. The zero-order chi connectivity index (χ0) is 27.1. The molecular weight excluding hydrogens is 438 g/mol. The topological polar surface area (TPSA) is 61.6 Å². The van der Waals surface area contributed by atoms with E-state index in [0.717, 1.165) is 30.0 Å². The quantitative estimate of drug-likeness (QED) is 0.290. The molecule has 1 heterocycles. The number of rotatable bonds is 7. The van der Waals surface area contributed by atoms with Gasteiger partial charge in [-0.1, -0.05) is 52.8 Å². The molecule has 0 saturated heterocycles. The van der Waals surface area contributed by atoms with Crippen LogP contribution in [0.2, 0.25) is 0 Å². The second kappa shape index (κ2) is 22.9. The number of nitrogens with zero attached hydrogens (tertiary/aromatic N) is 1. The van der Waals surface area contributed by atoms with Gasteiger partial charge in [-0.3, -0.25) is 4.79 Å². The summed E-state index contributed by atoms with van der Waals surface area (Å²) in [6.45, 7) is 21.7. The predicted octanol–water partition coefficient (Wildman–Crippen LogP) is 8.33. The van der Waals surface area contributed by atoms with E-state index in [1.807, 2.05) is 59.8 Å². The maximum absolute atomic E-state index is 9.82. The van der Waals surface area contributed by atoms with Crippen molar-refractivity contribution in [1.82, 2.24) is 4.98 Å². The van der Waals surface area contributed by atoms with Crippen LogP contribution in [0.3, 0.4) is 0 Å². The van der Waals surface area contributed by atoms with Crippen LogP contribution in [0.5, 0.6) is 5.75 Å². The molecule has 1 aliphatic carbocycles. The van der Waals surface area contributed by atoms with E-state index >= 15 is 0 Å². The Balaban J connectivity index is 0. The number of ether oxygens (including phenoxy) is 2. The molecule has 0 saturated carbocycles. The fraction of sp³-hybridized carbons (Fsp3) is 0.533. The van der Waals surface area contributed by atoms with Crippen molar-refractivity contribution in [1.29, 1.82) is 0 Å². The molecule has 0 spiro atoms. The Morgan fingerprint density at radius 2 is 1.77 bits per heavy atom. The Hall–Kier alpha value is -2.82. The van der Waals surface area contributed by atoms with Gasteiger partial charge >= 0.3 is 5.97 Å². The van der Waals surface area contributed by atoms with E-state index < -0.39 is 0 Å². The van der Waals surface area contributed by atoms with Crippen LogP contribution >= 0.6 is 0 Å². The molecule has 5 heteroatoms. The minimum atomic E-state index is -0.211. The summed E-state index contributed by atoms with van der Waals surface area (Å²) < 4.78 is 15.9. The molecule has 1 aliphatic rings. The molecule has 0 bridgehead atoms. The number of aryl methyl sites for hydroxylation is 3. The van der Waals surface area contributed by atoms with E-state index in [2.05, 4.69) is 41.4 Å². The Morgan fingerprint density at radius 1 is 1.14 bits per heavy atom. The largest absolute Gasteiger partial charge is 0.493 e. The molecule has 0 fully saturated rings. The Labute approximate surface area is 214 Å². The number of fused-ring (bicyclic) bond motifs is 1. The fourth-order valence-corrected chi connectivity index (χ4v) is 3.00. The second-order valence-corrected chi connectivity index (χ2v) is 7.06. The van der Waals surface area contributed by atoms with Gasteiger partial charge in [-0.15, -0.1) is 6.58 Å². The van der Waals surface area contributed by atoms with Crippen LogP contribution in [0.1, 0.15) is 96.7 Å². The van der Waals surface area contributed by atoms with E-state index in [1.165, 1.54) is 37.3 Å². The maximum atomic E-state index is 9.82. The molecule has 0 aliphatic heterocycles. The van der Waals surface area contributed by atoms with Gasteiger partial charge in [0.2, 0.25) is 5.89 Å². The van der Waals surface area contributed by atoms with Crippen molar-refractivity contribution < 1.29 is 18.7 Å². The Kier molecular flexibility index (Phi) is 22.5. The molecule has 35 heavy (non-hydrogen) atoms.